The van der Waals surface area contributed by atoms with Crippen molar-refractivity contribution in [1.29, 1.82) is 0 Å². The summed E-state index contributed by atoms with van der Waals surface area (Å²) in [6.45, 7) is 30.8. The lowest BCUT2D eigenvalue weighted by Gasteiger charge is -2.06. The molecule has 0 spiro atoms. The van der Waals surface area contributed by atoms with E-state index in [1.165, 1.54) is 33.5 Å². The second kappa shape index (κ2) is 25.2. The second-order valence-electron chi connectivity index (χ2n) is 12.4. The van der Waals surface area contributed by atoms with Gasteiger partial charge in [-0.2, -0.15) is 15.1 Å². The Morgan fingerprint density at radius 2 is 0.792 bits per heavy atom. The van der Waals surface area contributed by atoms with E-state index >= 15 is 0 Å². The van der Waals surface area contributed by atoms with Crippen molar-refractivity contribution in [2.24, 2.45) is 7.05 Å². The van der Waals surface area contributed by atoms with Crippen molar-refractivity contribution in [2.45, 2.75) is 129 Å². The highest BCUT2D eigenvalue weighted by Crippen LogP contribution is 2.25. The molecule has 53 heavy (non-hydrogen) atoms. The molecule has 6 aromatic rings. The van der Waals surface area contributed by atoms with E-state index in [9.17, 15) is 0 Å². The quantitative estimate of drug-likeness (QED) is 0.169. The summed E-state index contributed by atoms with van der Waals surface area (Å²) in [5, 5.41) is 11.8. The summed E-state index contributed by atoms with van der Waals surface area (Å²) in [5.74, 6) is 4.18. The molecule has 290 valence electrons. The average Bonchev–Trinajstić information content (AvgIpc) is 3.91. The summed E-state index contributed by atoms with van der Waals surface area (Å²) in [6.07, 6.45) is 1.93. The third kappa shape index (κ3) is 15.0. The van der Waals surface area contributed by atoms with Crippen molar-refractivity contribution in [1.82, 2.24) is 30.1 Å². The minimum atomic E-state index is 0. The van der Waals surface area contributed by atoms with Gasteiger partial charge in [0.05, 0.1) is 6.20 Å². The zero-order valence-electron chi connectivity index (χ0n) is 34.7. The number of benzene rings is 3. The predicted octanol–water partition coefficient (Wildman–Crippen LogP) is 13.6. The molecule has 0 saturated heterocycles. The summed E-state index contributed by atoms with van der Waals surface area (Å²) in [5.41, 5.74) is 9.63. The molecule has 0 aliphatic heterocycles. The topological polar surface area (TPSA) is 95.7 Å². The van der Waals surface area contributed by atoms with Crippen LogP contribution in [0.15, 0.2) is 88.0 Å². The van der Waals surface area contributed by atoms with Gasteiger partial charge >= 0.3 is 0 Å². The third-order valence-electron chi connectivity index (χ3n) is 7.83. The second-order valence-corrected chi connectivity index (χ2v) is 12.4. The molecule has 3 aromatic heterocycles. The average molecular weight is 725 g/mol. The Labute approximate surface area is 321 Å². The smallest absolute Gasteiger partial charge is 0.257 e. The maximum Gasteiger partial charge on any atom is 0.257 e. The molecule has 0 aliphatic carbocycles. The molecule has 0 aliphatic rings. The van der Waals surface area contributed by atoms with Crippen LogP contribution in [-0.4, -0.2) is 30.1 Å². The Morgan fingerprint density at radius 3 is 1.02 bits per heavy atom. The van der Waals surface area contributed by atoms with E-state index in [-0.39, 0.29) is 7.43 Å². The van der Waals surface area contributed by atoms with Gasteiger partial charge in [0.15, 0.2) is 11.6 Å². The zero-order valence-corrected chi connectivity index (χ0v) is 34.7. The van der Waals surface area contributed by atoms with Crippen LogP contribution >= 0.6 is 0 Å². The van der Waals surface area contributed by atoms with Crippen molar-refractivity contribution in [3.05, 3.63) is 113 Å². The van der Waals surface area contributed by atoms with Crippen molar-refractivity contribution in [3.8, 4) is 34.0 Å². The first-order valence-electron chi connectivity index (χ1n) is 18.8. The molecule has 6 rings (SSSR count). The molecular formula is C45H68N6O2. The molecule has 0 N–H and O–H groups in total. The molecule has 0 amide bonds. The van der Waals surface area contributed by atoms with Gasteiger partial charge in [-0.05, 0) is 85.0 Å². The van der Waals surface area contributed by atoms with E-state index in [0.717, 1.165) is 11.1 Å². The molecule has 0 bridgehead atoms. The highest BCUT2D eigenvalue weighted by molar-refractivity contribution is 5.65. The van der Waals surface area contributed by atoms with Gasteiger partial charge in [-0.15, -0.1) is 0 Å². The molecule has 8 heteroatoms. The van der Waals surface area contributed by atoms with Crippen LogP contribution in [0.4, 0.5) is 0 Å². The lowest BCUT2D eigenvalue weighted by atomic mass is 9.99. The van der Waals surface area contributed by atoms with Crippen molar-refractivity contribution < 1.29 is 9.05 Å². The summed E-state index contributed by atoms with van der Waals surface area (Å²) in [7, 11) is 1.97. The van der Waals surface area contributed by atoms with Crippen molar-refractivity contribution in [3.63, 3.8) is 0 Å². The number of nitrogens with zero attached hydrogens (tertiary/aromatic N) is 6. The minimum Gasteiger partial charge on any atom is -0.334 e. The van der Waals surface area contributed by atoms with Gasteiger partial charge in [-0.1, -0.05) is 149 Å². The normalized spacial score (nSPS) is 9.87. The van der Waals surface area contributed by atoms with Crippen molar-refractivity contribution in [2.75, 3.05) is 0 Å². The number of hydrogen-bond acceptors (Lipinski definition) is 7. The number of aryl methyl sites for hydroxylation is 3. The summed E-state index contributed by atoms with van der Waals surface area (Å²) >= 11 is 0. The van der Waals surface area contributed by atoms with Crippen LogP contribution < -0.4 is 0 Å². The van der Waals surface area contributed by atoms with Gasteiger partial charge in [0.1, 0.15) is 0 Å². The Bertz CT molecular complexity index is 1710. The van der Waals surface area contributed by atoms with Crippen LogP contribution in [0, 0.1) is 20.8 Å². The van der Waals surface area contributed by atoms with Gasteiger partial charge in [-0.3, -0.25) is 4.68 Å². The fourth-order valence-corrected chi connectivity index (χ4v) is 4.68. The van der Waals surface area contributed by atoms with E-state index in [2.05, 4.69) is 122 Å². The van der Waals surface area contributed by atoms with Gasteiger partial charge in [0.2, 0.25) is 0 Å². The van der Waals surface area contributed by atoms with Crippen LogP contribution in [0.5, 0.6) is 0 Å². The third-order valence-corrected chi connectivity index (χ3v) is 7.83. The highest BCUT2D eigenvalue weighted by Gasteiger charge is 2.09. The maximum atomic E-state index is 5.09. The van der Waals surface area contributed by atoms with Crippen LogP contribution in [0.3, 0.4) is 0 Å². The largest absolute Gasteiger partial charge is 0.334 e. The summed E-state index contributed by atoms with van der Waals surface area (Å²) in [4.78, 5) is 8.36. The Hall–Kier alpha value is -4.85. The molecule has 0 fully saturated rings. The standard InChI is InChI=1S/C14H18N2.2C12H14N2O.3C2H6.CH4/c1-10(2)12-5-7-13(8-6-12)14-9-15-16(4)11(14)3;2*1-8(2)10-4-6-11(7-5-10)12-13-9(3)14-15-12;3*1-2;/h5-10H,1-4H3;2*4-8H,1-3H3;3*1-2H3;1H4. The highest BCUT2D eigenvalue weighted by atomic mass is 16.5. The van der Waals surface area contributed by atoms with Crippen LogP contribution in [0.25, 0.3) is 34.0 Å². The van der Waals surface area contributed by atoms with Gasteiger partial charge in [0, 0.05) is 29.4 Å². The van der Waals surface area contributed by atoms with E-state index < -0.39 is 0 Å². The van der Waals surface area contributed by atoms with Crippen LogP contribution in [0.2, 0.25) is 0 Å². The maximum absolute atomic E-state index is 5.09. The first-order chi connectivity index (χ1) is 24.9. The van der Waals surface area contributed by atoms with Gasteiger partial charge in [-0.25, -0.2) is 0 Å². The number of aromatic nitrogens is 6. The SMILES string of the molecule is C.CC.CC.CC.Cc1c(-c2ccc(C(C)C)cc2)cnn1C.Cc1noc(-c2ccc(C(C)C)cc2)n1.Cc1noc(-c2ccc(C(C)C)cc2)n1. The lowest BCUT2D eigenvalue weighted by molar-refractivity contribution is 0.425. The first-order valence-corrected chi connectivity index (χ1v) is 18.8. The molecule has 0 unspecified atom stereocenters. The minimum absolute atomic E-state index is 0. The lowest BCUT2D eigenvalue weighted by Crippen LogP contribution is -1.92. The van der Waals surface area contributed by atoms with E-state index in [4.69, 9.17) is 9.05 Å². The van der Waals surface area contributed by atoms with E-state index in [1.807, 2.05) is 97.6 Å². The first kappa shape index (κ1) is 48.1. The predicted molar refractivity (Wildman–Crippen MR) is 225 cm³/mol. The van der Waals surface area contributed by atoms with Crippen LogP contribution in [-0.2, 0) is 7.05 Å². The monoisotopic (exact) mass is 725 g/mol. The molecule has 0 saturated carbocycles. The fraction of sp³-hybridized carbons (Fsp3) is 0.444. The van der Waals surface area contributed by atoms with E-state index in [1.54, 1.807) is 0 Å². The molecular weight excluding hydrogens is 657 g/mol. The molecule has 0 atom stereocenters. The van der Waals surface area contributed by atoms with Gasteiger partial charge in [0.25, 0.3) is 11.8 Å². The number of rotatable bonds is 6. The Balaban J connectivity index is 0.000000707. The molecule has 0 radical (unpaired) electrons. The summed E-state index contributed by atoms with van der Waals surface area (Å²) < 4.78 is 12.1. The van der Waals surface area contributed by atoms with E-state index in [0.29, 0.717) is 41.2 Å². The molecule has 3 heterocycles. The zero-order chi connectivity index (χ0) is 39.4. The van der Waals surface area contributed by atoms with Gasteiger partial charge < -0.3 is 9.05 Å². The fourth-order valence-electron chi connectivity index (χ4n) is 4.68. The molecule has 3 aromatic carbocycles. The van der Waals surface area contributed by atoms with Crippen LogP contribution in [0.1, 0.15) is 142 Å². The summed E-state index contributed by atoms with van der Waals surface area (Å²) in [6, 6.07) is 25.2. The Kier molecular flexibility index (Phi) is 22.9. The van der Waals surface area contributed by atoms with Crippen molar-refractivity contribution >= 4 is 0 Å². The Morgan fingerprint density at radius 1 is 0.491 bits per heavy atom. The number of hydrogen-bond donors (Lipinski definition) is 0. The molecule has 8 nitrogen and oxygen atoms in total.